The van der Waals surface area contributed by atoms with E-state index in [1.54, 1.807) is 17.0 Å². The minimum absolute atomic E-state index is 0.0886. The molecular weight excluding hydrogens is 428 g/mol. The number of rotatable bonds is 6. The predicted octanol–water partition coefficient (Wildman–Crippen LogP) is 5.82. The fourth-order valence-electron chi connectivity index (χ4n) is 2.58. The number of amides is 1. The van der Waals surface area contributed by atoms with Crippen LogP contribution in [0.1, 0.15) is 12.6 Å². The lowest BCUT2D eigenvalue weighted by Crippen LogP contribution is -2.22. The van der Waals surface area contributed by atoms with Gasteiger partial charge < -0.3 is 4.42 Å². The minimum atomic E-state index is -0.0886. The molecule has 2 aromatic carbocycles. The van der Waals surface area contributed by atoms with Crippen molar-refractivity contribution >= 4 is 51.4 Å². The summed E-state index contributed by atoms with van der Waals surface area (Å²) in [5, 5.41) is 11.8. The van der Waals surface area contributed by atoms with Crippen LogP contribution in [0.3, 0.4) is 0 Å². The molecule has 0 radical (unpaired) electrons. The first-order valence-electron chi connectivity index (χ1n) is 8.62. The zero-order valence-corrected chi connectivity index (χ0v) is 17.7. The molecule has 4 rings (SSSR count). The van der Waals surface area contributed by atoms with E-state index >= 15 is 0 Å². The van der Waals surface area contributed by atoms with Gasteiger partial charge in [-0.3, -0.25) is 9.69 Å². The number of thiazole rings is 1. The average Bonchev–Trinajstić information content (AvgIpc) is 3.37. The molecule has 0 saturated heterocycles. The van der Waals surface area contributed by atoms with Gasteiger partial charge in [0.15, 0.2) is 5.13 Å². The van der Waals surface area contributed by atoms with Crippen LogP contribution < -0.4 is 4.90 Å². The summed E-state index contributed by atoms with van der Waals surface area (Å²) in [6, 6.07) is 16.7. The Hall–Kier alpha value is -2.68. The van der Waals surface area contributed by atoms with Crippen molar-refractivity contribution in [3.8, 4) is 11.5 Å². The second-order valence-electron chi connectivity index (χ2n) is 5.98. The summed E-state index contributed by atoms with van der Waals surface area (Å²) in [6.45, 7) is 1.53. The zero-order chi connectivity index (χ0) is 20.2. The number of carbonyl (C=O) groups is 1. The maximum absolute atomic E-state index is 12.1. The van der Waals surface area contributed by atoms with Gasteiger partial charge in [0.1, 0.15) is 0 Å². The number of carbonyl (C=O) groups excluding carboxylic acids is 1. The summed E-state index contributed by atoms with van der Waals surface area (Å²) in [5.74, 6) is 0.906. The van der Waals surface area contributed by atoms with Crippen molar-refractivity contribution in [3.05, 3.63) is 70.7 Å². The molecule has 0 N–H and O–H groups in total. The molecule has 0 aliphatic carbocycles. The van der Waals surface area contributed by atoms with Gasteiger partial charge in [-0.15, -0.1) is 21.5 Å². The van der Waals surface area contributed by atoms with Crippen LogP contribution >= 0.6 is 34.7 Å². The monoisotopic (exact) mass is 442 g/mol. The van der Waals surface area contributed by atoms with Crippen LogP contribution in [0.2, 0.25) is 5.02 Å². The summed E-state index contributed by atoms with van der Waals surface area (Å²) in [6.07, 6.45) is 0. The minimum Gasteiger partial charge on any atom is -0.411 e. The molecule has 2 heterocycles. The topological polar surface area (TPSA) is 72.1 Å². The van der Waals surface area contributed by atoms with Crippen molar-refractivity contribution in [1.29, 1.82) is 0 Å². The van der Waals surface area contributed by atoms with Crippen molar-refractivity contribution in [2.75, 3.05) is 4.90 Å². The number of nitrogens with zero attached hydrogens (tertiary/aromatic N) is 4. The molecule has 0 atom stereocenters. The number of benzene rings is 2. The first-order valence-corrected chi connectivity index (χ1v) is 10.9. The van der Waals surface area contributed by atoms with Crippen LogP contribution in [0.25, 0.3) is 11.5 Å². The smallest absolute Gasteiger partial charge is 0.277 e. The molecule has 0 aliphatic heterocycles. The van der Waals surface area contributed by atoms with Gasteiger partial charge in [0.05, 0.1) is 11.4 Å². The van der Waals surface area contributed by atoms with Gasteiger partial charge in [0.2, 0.25) is 11.8 Å². The lowest BCUT2D eigenvalue weighted by atomic mass is 10.2. The molecular formula is C20H15ClN4O2S2. The molecule has 0 spiro atoms. The van der Waals surface area contributed by atoms with E-state index in [1.165, 1.54) is 30.0 Å². The molecule has 9 heteroatoms. The number of para-hydroxylation sites is 1. The Bertz CT molecular complexity index is 1110. The molecule has 2 aromatic heterocycles. The molecule has 0 unspecified atom stereocenters. The van der Waals surface area contributed by atoms with E-state index in [0.717, 1.165) is 16.9 Å². The fraction of sp³-hybridized carbons (Fsp3) is 0.100. The van der Waals surface area contributed by atoms with E-state index in [-0.39, 0.29) is 5.91 Å². The van der Waals surface area contributed by atoms with Gasteiger partial charge in [-0.25, -0.2) is 4.98 Å². The van der Waals surface area contributed by atoms with Gasteiger partial charge in [0.25, 0.3) is 5.22 Å². The van der Waals surface area contributed by atoms with E-state index < -0.39 is 0 Å². The SMILES string of the molecule is CC(=O)N(c1ccccc1)c1nc(CSc2nnc(-c3ccc(Cl)cc3)o2)cs1. The molecule has 29 heavy (non-hydrogen) atoms. The Morgan fingerprint density at radius 2 is 1.90 bits per heavy atom. The maximum atomic E-state index is 12.1. The zero-order valence-electron chi connectivity index (χ0n) is 15.3. The highest BCUT2D eigenvalue weighted by Crippen LogP contribution is 2.31. The molecule has 0 fully saturated rings. The first kappa shape index (κ1) is 19.6. The van der Waals surface area contributed by atoms with E-state index in [1.807, 2.05) is 47.8 Å². The summed E-state index contributed by atoms with van der Waals surface area (Å²) in [4.78, 5) is 18.3. The molecule has 0 saturated carbocycles. The third-order valence-electron chi connectivity index (χ3n) is 3.90. The van der Waals surface area contributed by atoms with Crippen LogP contribution in [0.5, 0.6) is 0 Å². The van der Waals surface area contributed by atoms with E-state index in [4.69, 9.17) is 16.0 Å². The van der Waals surface area contributed by atoms with Crippen molar-refractivity contribution < 1.29 is 9.21 Å². The third kappa shape index (κ3) is 4.67. The van der Waals surface area contributed by atoms with Crippen molar-refractivity contribution in [1.82, 2.24) is 15.2 Å². The average molecular weight is 443 g/mol. The Morgan fingerprint density at radius 1 is 1.14 bits per heavy atom. The van der Waals surface area contributed by atoms with Crippen LogP contribution in [-0.2, 0) is 10.5 Å². The van der Waals surface area contributed by atoms with Crippen molar-refractivity contribution in [3.63, 3.8) is 0 Å². The number of anilines is 2. The van der Waals surface area contributed by atoms with Gasteiger partial charge in [0, 0.05) is 28.6 Å². The Labute approximate surface area is 180 Å². The standard InChI is InChI=1S/C20H15ClN4O2S2/c1-13(26)25(17-5-3-2-4-6-17)19-22-16(11-28-19)12-29-20-24-23-18(27-20)14-7-9-15(21)10-8-14/h2-11H,12H2,1H3. The number of hydrogen-bond donors (Lipinski definition) is 0. The third-order valence-corrected chi connectivity index (χ3v) is 5.88. The summed E-state index contributed by atoms with van der Waals surface area (Å²) in [5.41, 5.74) is 2.44. The molecule has 0 bridgehead atoms. The second-order valence-corrected chi connectivity index (χ2v) is 8.18. The molecule has 4 aromatic rings. The molecule has 1 amide bonds. The van der Waals surface area contributed by atoms with Gasteiger partial charge in [-0.05, 0) is 36.4 Å². The summed E-state index contributed by atoms with van der Waals surface area (Å²) >= 11 is 8.72. The van der Waals surface area contributed by atoms with Gasteiger partial charge in [-0.2, -0.15) is 0 Å². The number of aromatic nitrogens is 3. The van der Waals surface area contributed by atoms with Crippen molar-refractivity contribution in [2.45, 2.75) is 17.9 Å². The highest BCUT2D eigenvalue weighted by molar-refractivity contribution is 7.98. The van der Waals surface area contributed by atoms with E-state index in [0.29, 0.717) is 27.0 Å². The van der Waals surface area contributed by atoms with Crippen LogP contribution in [0, 0.1) is 0 Å². The fourth-order valence-corrected chi connectivity index (χ4v) is 4.36. The number of halogens is 1. The normalized spacial score (nSPS) is 10.8. The van der Waals surface area contributed by atoms with E-state index in [2.05, 4.69) is 15.2 Å². The second kappa shape index (κ2) is 8.77. The summed E-state index contributed by atoms with van der Waals surface area (Å²) in [7, 11) is 0. The lowest BCUT2D eigenvalue weighted by Gasteiger charge is -2.17. The summed E-state index contributed by atoms with van der Waals surface area (Å²) < 4.78 is 5.70. The van der Waals surface area contributed by atoms with Crippen LogP contribution in [0.4, 0.5) is 10.8 Å². The van der Waals surface area contributed by atoms with E-state index in [9.17, 15) is 4.79 Å². The molecule has 6 nitrogen and oxygen atoms in total. The van der Waals surface area contributed by atoms with Crippen LogP contribution in [0.15, 0.2) is 69.6 Å². The van der Waals surface area contributed by atoms with Crippen LogP contribution in [-0.4, -0.2) is 21.1 Å². The van der Waals surface area contributed by atoms with Gasteiger partial charge >= 0.3 is 0 Å². The lowest BCUT2D eigenvalue weighted by molar-refractivity contribution is -0.115. The molecule has 146 valence electrons. The Morgan fingerprint density at radius 3 is 2.62 bits per heavy atom. The highest BCUT2D eigenvalue weighted by atomic mass is 35.5. The Kier molecular flexibility index (Phi) is 5.94. The molecule has 0 aliphatic rings. The van der Waals surface area contributed by atoms with Gasteiger partial charge in [-0.1, -0.05) is 41.6 Å². The predicted molar refractivity (Wildman–Crippen MR) is 116 cm³/mol. The maximum Gasteiger partial charge on any atom is 0.277 e. The number of thioether (sulfide) groups is 1. The highest BCUT2D eigenvalue weighted by Gasteiger charge is 2.18. The Balaban J connectivity index is 1.44. The van der Waals surface area contributed by atoms with Crippen molar-refractivity contribution in [2.24, 2.45) is 0 Å². The quantitative estimate of drug-likeness (QED) is 0.350. The first-order chi connectivity index (χ1) is 14.1. The largest absolute Gasteiger partial charge is 0.411 e. The number of hydrogen-bond acceptors (Lipinski definition) is 7.